The highest BCUT2D eigenvalue weighted by atomic mass is 35.5. The van der Waals surface area contributed by atoms with Gasteiger partial charge in [0.05, 0.1) is 15.7 Å². The smallest absolute Gasteiger partial charge is 0.349 e. The molecule has 1 amide bonds. The summed E-state index contributed by atoms with van der Waals surface area (Å²) in [4.78, 5) is 24.4. The van der Waals surface area contributed by atoms with E-state index in [0.29, 0.717) is 21.7 Å². The number of fused-ring (bicyclic) bond motifs is 1. The first-order chi connectivity index (χ1) is 11.0. The molecule has 0 saturated carbocycles. The van der Waals surface area contributed by atoms with Crippen LogP contribution in [0.1, 0.15) is 15.9 Å². The molecule has 0 atom stereocenters. The number of nitrogens with one attached hydrogen (secondary N) is 1. The number of benzene rings is 2. The van der Waals surface area contributed by atoms with E-state index < -0.39 is 11.5 Å². The van der Waals surface area contributed by atoms with Crippen LogP contribution in [-0.2, 0) is 0 Å². The van der Waals surface area contributed by atoms with Crippen LogP contribution in [0.2, 0.25) is 10.0 Å². The molecule has 6 heteroatoms. The number of halogens is 2. The molecule has 1 heterocycles. The van der Waals surface area contributed by atoms with Crippen molar-refractivity contribution >= 4 is 45.8 Å². The maximum absolute atomic E-state index is 12.4. The van der Waals surface area contributed by atoms with Crippen molar-refractivity contribution < 1.29 is 9.21 Å². The molecule has 0 bridgehead atoms. The number of rotatable bonds is 2. The molecule has 0 spiro atoms. The lowest BCUT2D eigenvalue weighted by Crippen LogP contribution is -2.20. The van der Waals surface area contributed by atoms with Gasteiger partial charge in [-0.05, 0) is 37.3 Å². The Kier molecular flexibility index (Phi) is 4.11. The summed E-state index contributed by atoms with van der Waals surface area (Å²) >= 11 is 11.9. The molecule has 0 unspecified atom stereocenters. The Hall–Kier alpha value is -2.30. The van der Waals surface area contributed by atoms with Gasteiger partial charge in [0.25, 0.3) is 5.91 Å². The van der Waals surface area contributed by atoms with Gasteiger partial charge in [-0.3, -0.25) is 4.79 Å². The van der Waals surface area contributed by atoms with E-state index in [9.17, 15) is 9.59 Å². The van der Waals surface area contributed by atoms with Gasteiger partial charge in [0.2, 0.25) is 0 Å². The minimum Gasteiger partial charge on any atom is -0.422 e. The van der Waals surface area contributed by atoms with Crippen molar-refractivity contribution in [3.63, 3.8) is 0 Å². The Bertz CT molecular complexity index is 979. The Morgan fingerprint density at radius 2 is 1.91 bits per heavy atom. The van der Waals surface area contributed by atoms with Crippen LogP contribution in [-0.4, -0.2) is 5.91 Å². The molecule has 4 nitrogen and oxygen atoms in total. The molecule has 116 valence electrons. The van der Waals surface area contributed by atoms with Crippen LogP contribution in [0.15, 0.2) is 51.7 Å². The molecule has 0 aliphatic heterocycles. The van der Waals surface area contributed by atoms with Crippen molar-refractivity contribution in [2.75, 3.05) is 5.32 Å². The van der Waals surface area contributed by atoms with E-state index in [2.05, 4.69) is 5.32 Å². The van der Waals surface area contributed by atoms with Crippen molar-refractivity contribution in [2.45, 2.75) is 6.92 Å². The first kappa shape index (κ1) is 15.6. The molecule has 1 N–H and O–H groups in total. The van der Waals surface area contributed by atoms with Gasteiger partial charge in [0.1, 0.15) is 11.1 Å². The minimum absolute atomic E-state index is 0.0980. The highest BCUT2D eigenvalue weighted by Gasteiger charge is 2.16. The Balaban J connectivity index is 2.02. The number of carbonyl (C=O) groups excluding carboxylic acids is 1. The summed E-state index contributed by atoms with van der Waals surface area (Å²) in [6.45, 7) is 1.91. The highest BCUT2D eigenvalue weighted by Crippen LogP contribution is 2.29. The Morgan fingerprint density at radius 1 is 1.13 bits per heavy atom. The van der Waals surface area contributed by atoms with Crippen molar-refractivity contribution in [3.05, 3.63) is 74.1 Å². The lowest BCUT2D eigenvalue weighted by atomic mass is 10.1. The van der Waals surface area contributed by atoms with Crippen molar-refractivity contribution in [1.29, 1.82) is 0 Å². The fourth-order valence-electron chi connectivity index (χ4n) is 2.19. The highest BCUT2D eigenvalue weighted by molar-refractivity contribution is 6.44. The van der Waals surface area contributed by atoms with Gasteiger partial charge in [-0.1, -0.05) is 40.9 Å². The van der Waals surface area contributed by atoms with E-state index in [0.717, 1.165) is 5.56 Å². The lowest BCUT2D eigenvalue weighted by molar-refractivity contribution is 0.102. The third-order valence-electron chi connectivity index (χ3n) is 3.33. The predicted molar refractivity (Wildman–Crippen MR) is 91.6 cm³/mol. The van der Waals surface area contributed by atoms with E-state index in [1.807, 2.05) is 19.1 Å². The SMILES string of the molecule is Cc1ccc2oc(=O)c(C(=O)Nc3cccc(Cl)c3Cl)cc2c1. The van der Waals surface area contributed by atoms with Gasteiger partial charge in [-0.25, -0.2) is 4.79 Å². The van der Waals surface area contributed by atoms with E-state index in [1.165, 1.54) is 6.07 Å². The number of aryl methyl sites for hydroxylation is 1. The summed E-state index contributed by atoms with van der Waals surface area (Å²) < 4.78 is 5.19. The average Bonchev–Trinajstić information content (AvgIpc) is 2.51. The van der Waals surface area contributed by atoms with E-state index in [1.54, 1.807) is 24.3 Å². The molecule has 2 aromatic carbocycles. The van der Waals surface area contributed by atoms with Gasteiger partial charge in [-0.2, -0.15) is 0 Å². The summed E-state index contributed by atoms with van der Waals surface area (Å²) in [6.07, 6.45) is 0. The maximum atomic E-state index is 12.4. The largest absolute Gasteiger partial charge is 0.422 e. The second-order valence-electron chi connectivity index (χ2n) is 5.04. The zero-order chi connectivity index (χ0) is 16.6. The summed E-state index contributed by atoms with van der Waals surface area (Å²) in [5.74, 6) is -0.605. The van der Waals surface area contributed by atoms with Gasteiger partial charge in [0.15, 0.2) is 0 Å². The first-order valence-electron chi connectivity index (χ1n) is 6.75. The van der Waals surface area contributed by atoms with E-state index in [-0.39, 0.29) is 10.6 Å². The average molecular weight is 348 g/mol. The molecular formula is C17H11Cl2NO3. The molecule has 3 rings (SSSR count). The van der Waals surface area contributed by atoms with Gasteiger partial charge >= 0.3 is 5.63 Å². The minimum atomic E-state index is -0.711. The topological polar surface area (TPSA) is 59.3 Å². The van der Waals surface area contributed by atoms with Gasteiger partial charge < -0.3 is 9.73 Å². The fourth-order valence-corrected chi connectivity index (χ4v) is 2.54. The van der Waals surface area contributed by atoms with Crippen molar-refractivity contribution in [2.24, 2.45) is 0 Å². The molecule has 0 saturated heterocycles. The molecule has 1 aromatic heterocycles. The predicted octanol–water partition coefficient (Wildman–Crippen LogP) is 4.66. The van der Waals surface area contributed by atoms with E-state index >= 15 is 0 Å². The summed E-state index contributed by atoms with van der Waals surface area (Å²) in [5, 5.41) is 3.77. The third-order valence-corrected chi connectivity index (χ3v) is 4.15. The monoisotopic (exact) mass is 347 g/mol. The number of hydrogen-bond donors (Lipinski definition) is 1. The molecule has 0 aliphatic rings. The van der Waals surface area contributed by atoms with Crippen molar-refractivity contribution in [3.8, 4) is 0 Å². The molecule has 23 heavy (non-hydrogen) atoms. The van der Waals surface area contributed by atoms with Gasteiger partial charge in [-0.15, -0.1) is 0 Å². The maximum Gasteiger partial charge on any atom is 0.349 e. The molecule has 3 aromatic rings. The van der Waals surface area contributed by atoms with Crippen LogP contribution in [0.5, 0.6) is 0 Å². The van der Waals surface area contributed by atoms with Crippen LogP contribution >= 0.6 is 23.2 Å². The molecule has 0 radical (unpaired) electrons. The first-order valence-corrected chi connectivity index (χ1v) is 7.51. The Labute approximate surface area is 141 Å². The number of anilines is 1. The van der Waals surface area contributed by atoms with Crippen LogP contribution in [0.3, 0.4) is 0 Å². The normalized spacial score (nSPS) is 10.7. The number of hydrogen-bond acceptors (Lipinski definition) is 3. The fraction of sp³-hybridized carbons (Fsp3) is 0.0588. The quantitative estimate of drug-likeness (QED) is 0.685. The second-order valence-corrected chi connectivity index (χ2v) is 5.83. The van der Waals surface area contributed by atoms with E-state index in [4.69, 9.17) is 27.6 Å². The third kappa shape index (κ3) is 3.09. The molecular weight excluding hydrogens is 337 g/mol. The Morgan fingerprint density at radius 3 is 2.70 bits per heavy atom. The number of carbonyl (C=O) groups is 1. The standard InChI is InChI=1S/C17H11Cl2NO3/c1-9-5-6-14-10(7-9)8-11(17(22)23-14)16(21)20-13-4-2-3-12(18)15(13)19/h2-8H,1H3,(H,20,21). The summed E-state index contributed by atoms with van der Waals surface area (Å²) in [6, 6.07) is 11.7. The lowest BCUT2D eigenvalue weighted by Gasteiger charge is -2.08. The molecule has 0 aliphatic carbocycles. The van der Waals surface area contributed by atoms with Gasteiger partial charge in [0, 0.05) is 5.39 Å². The van der Waals surface area contributed by atoms with Crippen LogP contribution in [0.4, 0.5) is 5.69 Å². The van der Waals surface area contributed by atoms with Crippen molar-refractivity contribution in [1.82, 2.24) is 0 Å². The molecule has 0 fully saturated rings. The summed E-state index contributed by atoms with van der Waals surface area (Å²) in [5.41, 5.74) is 0.942. The summed E-state index contributed by atoms with van der Waals surface area (Å²) in [7, 11) is 0. The van der Waals surface area contributed by atoms with Crippen LogP contribution < -0.4 is 10.9 Å². The zero-order valence-electron chi connectivity index (χ0n) is 12.0. The second kappa shape index (κ2) is 6.07. The zero-order valence-corrected chi connectivity index (χ0v) is 13.5. The van der Waals surface area contributed by atoms with Crippen LogP contribution in [0.25, 0.3) is 11.0 Å². The van der Waals surface area contributed by atoms with Crippen LogP contribution in [0, 0.1) is 6.92 Å². The number of amides is 1.